The van der Waals surface area contributed by atoms with Gasteiger partial charge in [-0.15, -0.1) is 13.2 Å². The number of esters is 1. The number of nitrogens with zero attached hydrogens (tertiary/aromatic N) is 2. The summed E-state index contributed by atoms with van der Waals surface area (Å²) in [5, 5.41) is 0. The van der Waals surface area contributed by atoms with Gasteiger partial charge in [0.1, 0.15) is 5.75 Å². The van der Waals surface area contributed by atoms with Gasteiger partial charge in [0.05, 0.1) is 11.8 Å². The van der Waals surface area contributed by atoms with E-state index in [-0.39, 0.29) is 30.3 Å². The maximum absolute atomic E-state index is 12.2. The Hall–Kier alpha value is -3.50. The number of carbonyl (C=O) groups excluding carboxylic acids is 3. The number of piperazine rings is 1. The maximum Gasteiger partial charge on any atom is 0.573 e. The minimum Gasteiger partial charge on any atom is -0.459 e. The van der Waals surface area contributed by atoms with Crippen molar-refractivity contribution >= 4 is 17.8 Å². The highest BCUT2D eigenvalue weighted by Crippen LogP contribution is 2.23. The Kier molecular flexibility index (Phi) is 6.28. The zero-order valence-corrected chi connectivity index (χ0v) is 15.6. The standard InChI is InChI=1S/C19H17F3N2O6/c20-19(21,22)30-14-5-3-13(4-6-14)18(27)29-12-16(25)23-7-9-24(10-8-23)17(26)15-2-1-11-28-15/h1-6,11H,7-10,12H2. The van der Waals surface area contributed by atoms with Crippen molar-refractivity contribution < 1.29 is 41.4 Å². The number of furan rings is 1. The quantitative estimate of drug-likeness (QED) is 0.682. The van der Waals surface area contributed by atoms with Crippen LogP contribution < -0.4 is 4.74 Å². The van der Waals surface area contributed by atoms with Gasteiger partial charge in [-0.2, -0.15) is 0 Å². The molecule has 0 spiro atoms. The number of rotatable bonds is 5. The van der Waals surface area contributed by atoms with Crippen LogP contribution >= 0.6 is 0 Å². The monoisotopic (exact) mass is 426 g/mol. The second kappa shape index (κ2) is 8.89. The van der Waals surface area contributed by atoms with Gasteiger partial charge in [0.25, 0.3) is 11.8 Å². The summed E-state index contributed by atoms with van der Waals surface area (Å²) in [5.41, 5.74) is -0.0220. The number of hydrogen-bond donors (Lipinski definition) is 0. The highest BCUT2D eigenvalue weighted by Gasteiger charge is 2.31. The molecule has 8 nitrogen and oxygen atoms in total. The van der Waals surface area contributed by atoms with Crippen LogP contribution in [0.3, 0.4) is 0 Å². The van der Waals surface area contributed by atoms with Crippen molar-refractivity contribution in [3.05, 3.63) is 54.0 Å². The molecule has 1 fully saturated rings. The van der Waals surface area contributed by atoms with E-state index in [9.17, 15) is 27.6 Å². The molecule has 3 rings (SSSR count). The van der Waals surface area contributed by atoms with E-state index >= 15 is 0 Å². The smallest absolute Gasteiger partial charge is 0.459 e. The van der Waals surface area contributed by atoms with Crippen molar-refractivity contribution in [3.8, 4) is 5.75 Å². The van der Waals surface area contributed by atoms with Crippen LogP contribution in [0.15, 0.2) is 47.1 Å². The van der Waals surface area contributed by atoms with Gasteiger partial charge < -0.3 is 23.7 Å². The fourth-order valence-electron chi connectivity index (χ4n) is 2.81. The molecule has 1 aliphatic heterocycles. The van der Waals surface area contributed by atoms with Crippen molar-refractivity contribution in [2.24, 2.45) is 0 Å². The van der Waals surface area contributed by atoms with E-state index in [1.807, 2.05) is 0 Å². The molecule has 0 radical (unpaired) electrons. The first-order chi connectivity index (χ1) is 14.2. The molecule has 0 unspecified atom stereocenters. The molecule has 1 saturated heterocycles. The van der Waals surface area contributed by atoms with E-state index < -0.39 is 30.6 Å². The van der Waals surface area contributed by atoms with E-state index in [4.69, 9.17) is 9.15 Å². The zero-order valence-electron chi connectivity index (χ0n) is 15.6. The Balaban J connectivity index is 1.44. The highest BCUT2D eigenvalue weighted by molar-refractivity contribution is 5.92. The summed E-state index contributed by atoms with van der Waals surface area (Å²) in [7, 11) is 0. The molecule has 2 heterocycles. The lowest BCUT2D eigenvalue weighted by Gasteiger charge is -2.34. The highest BCUT2D eigenvalue weighted by atomic mass is 19.4. The molecule has 0 saturated carbocycles. The fraction of sp³-hybridized carbons (Fsp3) is 0.316. The third-order valence-electron chi connectivity index (χ3n) is 4.30. The molecule has 0 atom stereocenters. The number of hydrogen-bond acceptors (Lipinski definition) is 6. The third kappa shape index (κ3) is 5.52. The minimum absolute atomic E-state index is 0.0220. The van der Waals surface area contributed by atoms with E-state index in [1.165, 1.54) is 11.2 Å². The van der Waals surface area contributed by atoms with Gasteiger partial charge in [-0.3, -0.25) is 9.59 Å². The van der Waals surface area contributed by atoms with Crippen LogP contribution in [0.4, 0.5) is 13.2 Å². The number of amides is 2. The largest absolute Gasteiger partial charge is 0.573 e. The Morgan fingerprint density at radius 1 is 0.967 bits per heavy atom. The van der Waals surface area contributed by atoms with Crippen LogP contribution in [-0.4, -0.2) is 66.7 Å². The fourth-order valence-corrected chi connectivity index (χ4v) is 2.81. The predicted molar refractivity (Wildman–Crippen MR) is 94.6 cm³/mol. The van der Waals surface area contributed by atoms with Crippen molar-refractivity contribution in [2.75, 3.05) is 32.8 Å². The summed E-state index contributed by atoms with van der Waals surface area (Å²) in [6, 6.07) is 7.32. The topological polar surface area (TPSA) is 89.3 Å². The molecule has 1 aliphatic rings. The molecule has 2 aromatic rings. The first-order valence-corrected chi connectivity index (χ1v) is 8.86. The molecule has 11 heteroatoms. The van der Waals surface area contributed by atoms with Crippen LogP contribution in [0.1, 0.15) is 20.9 Å². The molecular formula is C19H17F3N2O6. The average molecular weight is 426 g/mol. The van der Waals surface area contributed by atoms with Gasteiger partial charge in [-0.25, -0.2) is 4.79 Å². The zero-order chi connectivity index (χ0) is 21.7. The van der Waals surface area contributed by atoms with E-state index in [0.29, 0.717) is 13.1 Å². The number of halogens is 3. The Morgan fingerprint density at radius 2 is 1.60 bits per heavy atom. The molecule has 0 aliphatic carbocycles. The Morgan fingerprint density at radius 3 is 2.17 bits per heavy atom. The lowest BCUT2D eigenvalue weighted by atomic mass is 10.2. The van der Waals surface area contributed by atoms with Crippen LogP contribution in [0.2, 0.25) is 0 Å². The lowest BCUT2D eigenvalue weighted by molar-refractivity contribution is -0.274. The summed E-state index contributed by atoms with van der Waals surface area (Å²) < 4.78 is 50.1. The van der Waals surface area contributed by atoms with Gasteiger partial charge in [0, 0.05) is 26.2 Å². The number of ether oxygens (including phenoxy) is 2. The van der Waals surface area contributed by atoms with Gasteiger partial charge in [-0.1, -0.05) is 0 Å². The number of alkyl halides is 3. The molecule has 30 heavy (non-hydrogen) atoms. The molecule has 1 aromatic carbocycles. The summed E-state index contributed by atoms with van der Waals surface area (Å²) >= 11 is 0. The van der Waals surface area contributed by atoms with Crippen LogP contribution in [0.5, 0.6) is 5.75 Å². The summed E-state index contributed by atoms with van der Waals surface area (Å²) in [6.07, 6.45) is -3.43. The lowest BCUT2D eigenvalue weighted by Crippen LogP contribution is -2.51. The third-order valence-corrected chi connectivity index (χ3v) is 4.30. The molecule has 2 amide bonds. The first-order valence-electron chi connectivity index (χ1n) is 8.86. The van der Waals surface area contributed by atoms with Crippen LogP contribution in [0, 0.1) is 0 Å². The molecule has 160 valence electrons. The Bertz CT molecular complexity index is 888. The summed E-state index contributed by atoms with van der Waals surface area (Å²) in [4.78, 5) is 39.4. The summed E-state index contributed by atoms with van der Waals surface area (Å²) in [6.45, 7) is 0.629. The normalized spacial score (nSPS) is 14.4. The van der Waals surface area contributed by atoms with Crippen molar-refractivity contribution in [1.82, 2.24) is 9.80 Å². The second-order valence-corrected chi connectivity index (χ2v) is 6.30. The van der Waals surface area contributed by atoms with Gasteiger partial charge >= 0.3 is 12.3 Å². The summed E-state index contributed by atoms with van der Waals surface area (Å²) in [5.74, 6) is -1.82. The predicted octanol–water partition coefficient (Wildman–Crippen LogP) is 2.32. The number of benzene rings is 1. The van der Waals surface area contributed by atoms with Crippen molar-refractivity contribution in [3.63, 3.8) is 0 Å². The molecular weight excluding hydrogens is 409 g/mol. The SMILES string of the molecule is O=C(OCC(=O)N1CCN(C(=O)c2ccco2)CC1)c1ccc(OC(F)(F)F)cc1. The molecule has 0 bridgehead atoms. The van der Waals surface area contributed by atoms with Gasteiger partial charge in [0.2, 0.25) is 0 Å². The first kappa shape index (κ1) is 21.2. The van der Waals surface area contributed by atoms with Crippen LogP contribution in [-0.2, 0) is 9.53 Å². The van der Waals surface area contributed by atoms with Crippen LogP contribution in [0.25, 0.3) is 0 Å². The molecule has 1 aromatic heterocycles. The minimum atomic E-state index is -4.83. The van der Waals surface area contributed by atoms with Crippen molar-refractivity contribution in [1.29, 1.82) is 0 Å². The van der Waals surface area contributed by atoms with Crippen molar-refractivity contribution in [2.45, 2.75) is 6.36 Å². The van der Waals surface area contributed by atoms with E-state index in [1.54, 1.807) is 17.0 Å². The van der Waals surface area contributed by atoms with Gasteiger partial charge in [-0.05, 0) is 36.4 Å². The Labute approximate surface area is 168 Å². The number of carbonyl (C=O) groups is 3. The van der Waals surface area contributed by atoms with E-state index in [2.05, 4.69) is 4.74 Å². The van der Waals surface area contributed by atoms with E-state index in [0.717, 1.165) is 24.3 Å². The average Bonchev–Trinajstić information content (AvgIpc) is 3.25. The van der Waals surface area contributed by atoms with Gasteiger partial charge in [0.15, 0.2) is 12.4 Å². The molecule has 0 N–H and O–H groups in total. The second-order valence-electron chi connectivity index (χ2n) is 6.30. The maximum atomic E-state index is 12.2.